The van der Waals surface area contributed by atoms with E-state index in [2.05, 4.69) is 29.4 Å². The molecule has 0 unspecified atom stereocenters. The maximum Gasteiger partial charge on any atom is 0.294 e. The van der Waals surface area contributed by atoms with E-state index in [1.807, 2.05) is 24.3 Å². The Kier molecular flexibility index (Phi) is 5.84. The van der Waals surface area contributed by atoms with Crippen molar-refractivity contribution >= 4 is 23.0 Å². The Hall–Kier alpha value is -3.48. The molecule has 28 heavy (non-hydrogen) atoms. The minimum Gasteiger partial charge on any atom is -0.399 e. The van der Waals surface area contributed by atoms with E-state index in [0.717, 1.165) is 10.3 Å². The van der Waals surface area contributed by atoms with E-state index in [-0.39, 0.29) is 12.2 Å². The first-order valence-electron chi connectivity index (χ1n) is 8.99. The summed E-state index contributed by atoms with van der Waals surface area (Å²) in [6.45, 7) is 5.54. The van der Waals surface area contributed by atoms with Crippen LogP contribution in [0.1, 0.15) is 36.7 Å². The number of fused-ring (bicyclic) bond motifs is 1. The molecular formula is C21H22N4O3. The SMILES string of the molecule is Cc1nc2ccccc2c(=O)n1OCC(=O)NN=Cc1ccc(C(C)C)cc1. The molecule has 1 aromatic heterocycles. The number of carbonyl (C=O) groups is 1. The van der Waals surface area contributed by atoms with Gasteiger partial charge in [-0.25, -0.2) is 10.4 Å². The van der Waals surface area contributed by atoms with Crippen molar-refractivity contribution in [1.29, 1.82) is 0 Å². The Labute approximate surface area is 162 Å². The predicted octanol–water partition coefficient (Wildman–Crippen LogP) is 2.41. The Bertz CT molecular complexity index is 1070. The van der Waals surface area contributed by atoms with Crippen LogP contribution in [-0.4, -0.2) is 28.4 Å². The Morgan fingerprint density at radius 1 is 1.21 bits per heavy atom. The number of aryl methyl sites for hydroxylation is 1. The summed E-state index contributed by atoms with van der Waals surface area (Å²) in [6, 6.07) is 14.9. The number of nitrogens with zero attached hydrogens (tertiary/aromatic N) is 3. The van der Waals surface area contributed by atoms with E-state index < -0.39 is 5.91 Å². The van der Waals surface area contributed by atoms with Gasteiger partial charge >= 0.3 is 0 Å². The molecule has 144 valence electrons. The third-order valence-corrected chi connectivity index (χ3v) is 4.23. The Balaban J connectivity index is 1.60. The first-order valence-corrected chi connectivity index (χ1v) is 8.99. The second-order valence-corrected chi connectivity index (χ2v) is 6.66. The number of para-hydroxylation sites is 1. The summed E-state index contributed by atoms with van der Waals surface area (Å²) in [5, 5.41) is 4.34. The molecule has 0 spiro atoms. The van der Waals surface area contributed by atoms with Crippen LogP contribution in [0.15, 0.2) is 58.4 Å². The molecule has 0 saturated carbocycles. The van der Waals surface area contributed by atoms with Crippen LogP contribution >= 0.6 is 0 Å². The minimum atomic E-state index is -0.477. The van der Waals surface area contributed by atoms with Gasteiger partial charge in [-0.05, 0) is 36.1 Å². The number of hydrazone groups is 1. The van der Waals surface area contributed by atoms with Crippen LogP contribution in [0.3, 0.4) is 0 Å². The third kappa shape index (κ3) is 4.43. The van der Waals surface area contributed by atoms with Gasteiger partial charge in [-0.15, -0.1) is 4.73 Å². The zero-order valence-electron chi connectivity index (χ0n) is 16.0. The molecule has 0 fully saturated rings. The van der Waals surface area contributed by atoms with E-state index in [4.69, 9.17) is 4.84 Å². The molecule has 2 aromatic carbocycles. The van der Waals surface area contributed by atoms with Gasteiger partial charge in [0.05, 0.1) is 17.1 Å². The number of nitrogens with one attached hydrogen (secondary N) is 1. The quantitative estimate of drug-likeness (QED) is 0.527. The molecule has 1 heterocycles. The van der Waals surface area contributed by atoms with Crippen molar-refractivity contribution in [2.75, 3.05) is 6.61 Å². The van der Waals surface area contributed by atoms with Crippen LogP contribution in [0.4, 0.5) is 0 Å². The maximum atomic E-state index is 12.5. The number of rotatable bonds is 6. The Morgan fingerprint density at radius 2 is 1.93 bits per heavy atom. The molecule has 7 nitrogen and oxygen atoms in total. The standard InChI is InChI=1S/C21H22N4O3/c1-14(2)17-10-8-16(9-11-17)12-22-24-20(26)13-28-25-15(3)23-19-7-5-4-6-18(19)21(25)27/h4-12,14H,13H2,1-3H3,(H,24,26). The molecule has 0 aliphatic rings. The maximum absolute atomic E-state index is 12.5. The van der Waals surface area contributed by atoms with E-state index >= 15 is 0 Å². The van der Waals surface area contributed by atoms with Crippen molar-refractivity contribution in [3.8, 4) is 0 Å². The van der Waals surface area contributed by atoms with Gasteiger partial charge in [-0.1, -0.05) is 50.2 Å². The molecule has 1 amide bonds. The third-order valence-electron chi connectivity index (χ3n) is 4.23. The molecule has 0 saturated heterocycles. The van der Waals surface area contributed by atoms with Crippen molar-refractivity contribution < 1.29 is 9.63 Å². The fourth-order valence-corrected chi connectivity index (χ4v) is 2.68. The number of amides is 1. The smallest absolute Gasteiger partial charge is 0.294 e. The highest BCUT2D eigenvalue weighted by Crippen LogP contribution is 2.13. The highest BCUT2D eigenvalue weighted by Gasteiger charge is 2.10. The summed E-state index contributed by atoms with van der Waals surface area (Å²) in [5.41, 5.74) is 4.72. The molecule has 0 atom stereocenters. The van der Waals surface area contributed by atoms with E-state index in [1.165, 1.54) is 5.56 Å². The summed E-state index contributed by atoms with van der Waals surface area (Å²) in [7, 11) is 0. The normalized spacial score (nSPS) is 11.3. The molecule has 7 heteroatoms. The highest BCUT2D eigenvalue weighted by atomic mass is 16.7. The first-order chi connectivity index (χ1) is 13.5. The fourth-order valence-electron chi connectivity index (χ4n) is 2.68. The lowest BCUT2D eigenvalue weighted by molar-refractivity contribution is -0.126. The molecule has 1 N–H and O–H groups in total. The van der Waals surface area contributed by atoms with Crippen LogP contribution in [0.25, 0.3) is 10.9 Å². The van der Waals surface area contributed by atoms with Crippen LogP contribution in [0.5, 0.6) is 0 Å². The van der Waals surface area contributed by atoms with Crippen molar-refractivity contribution in [3.63, 3.8) is 0 Å². The zero-order valence-corrected chi connectivity index (χ0v) is 16.0. The number of carbonyl (C=O) groups excluding carboxylic acids is 1. The van der Waals surface area contributed by atoms with E-state index in [0.29, 0.717) is 22.6 Å². The average molecular weight is 378 g/mol. The average Bonchev–Trinajstić information content (AvgIpc) is 2.68. The minimum absolute atomic E-state index is 0.357. The summed E-state index contributed by atoms with van der Waals surface area (Å²) in [5.74, 6) is 0.346. The van der Waals surface area contributed by atoms with Crippen molar-refractivity contribution in [1.82, 2.24) is 15.1 Å². The largest absolute Gasteiger partial charge is 0.399 e. The van der Waals surface area contributed by atoms with Gasteiger partial charge in [-0.3, -0.25) is 9.59 Å². The summed E-state index contributed by atoms with van der Waals surface area (Å²) in [6.07, 6.45) is 1.55. The fraction of sp³-hybridized carbons (Fsp3) is 0.238. The monoisotopic (exact) mass is 378 g/mol. The van der Waals surface area contributed by atoms with E-state index in [1.54, 1.807) is 37.4 Å². The number of hydrogen-bond acceptors (Lipinski definition) is 5. The van der Waals surface area contributed by atoms with E-state index in [9.17, 15) is 9.59 Å². The predicted molar refractivity (Wildman–Crippen MR) is 108 cm³/mol. The second-order valence-electron chi connectivity index (χ2n) is 6.66. The van der Waals surface area contributed by atoms with Gasteiger partial charge in [0.25, 0.3) is 11.5 Å². The molecule has 3 rings (SSSR count). The second kappa shape index (κ2) is 8.47. The van der Waals surface area contributed by atoms with Gasteiger partial charge in [-0.2, -0.15) is 5.10 Å². The molecule has 0 aliphatic carbocycles. The summed E-state index contributed by atoms with van der Waals surface area (Å²) < 4.78 is 1.02. The van der Waals surface area contributed by atoms with Crippen molar-refractivity contribution in [2.45, 2.75) is 26.7 Å². The lowest BCUT2D eigenvalue weighted by Crippen LogP contribution is -2.35. The topological polar surface area (TPSA) is 85.6 Å². The van der Waals surface area contributed by atoms with Gasteiger partial charge in [0.15, 0.2) is 6.61 Å². The van der Waals surface area contributed by atoms with Gasteiger partial charge in [0.1, 0.15) is 5.82 Å². The van der Waals surface area contributed by atoms with Gasteiger partial charge in [0.2, 0.25) is 0 Å². The Morgan fingerprint density at radius 3 is 2.64 bits per heavy atom. The molecule has 0 radical (unpaired) electrons. The van der Waals surface area contributed by atoms with Crippen molar-refractivity contribution in [3.05, 3.63) is 75.8 Å². The van der Waals surface area contributed by atoms with Gasteiger partial charge in [0, 0.05) is 0 Å². The number of hydrogen-bond donors (Lipinski definition) is 1. The summed E-state index contributed by atoms with van der Waals surface area (Å²) >= 11 is 0. The lowest BCUT2D eigenvalue weighted by atomic mass is 10.0. The molecule has 3 aromatic rings. The molecule has 0 bridgehead atoms. The lowest BCUT2D eigenvalue weighted by Gasteiger charge is -2.11. The van der Waals surface area contributed by atoms with Crippen LogP contribution in [-0.2, 0) is 4.79 Å². The zero-order chi connectivity index (χ0) is 20.1. The highest BCUT2D eigenvalue weighted by molar-refractivity contribution is 5.83. The summed E-state index contributed by atoms with van der Waals surface area (Å²) in [4.78, 5) is 34.1. The van der Waals surface area contributed by atoms with Gasteiger partial charge < -0.3 is 4.84 Å². The number of benzene rings is 2. The first kappa shape index (κ1) is 19.3. The van der Waals surface area contributed by atoms with Crippen LogP contribution < -0.4 is 15.8 Å². The molecular weight excluding hydrogens is 356 g/mol. The van der Waals surface area contributed by atoms with Crippen LogP contribution in [0.2, 0.25) is 0 Å². The van der Waals surface area contributed by atoms with Crippen LogP contribution in [0, 0.1) is 6.92 Å². The molecule has 0 aliphatic heterocycles. The van der Waals surface area contributed by atoms with Crippen molar-refractivity contribution in [2.24, 2.45) is 5.10 Å². The number of aromatic nitrogens is 2.